The van der Waals surface area contributed by atoms with Crippen molar-refractivity contribution in [3.63, 3.8) is 0 Å². The van der Waals surface area contributed by atoms with Crippen LogP contribution in [0.15, 0.2) is 0 Å². The molecule has 1 saturated heterocycles. The van der Waals surface area contributed by atoms with Crippen LogP contribution in [0.25, 0.3) is 0 Å². The predicted octanol–water partition coefficient (Wildman–Crippen LogP) is 2.35. The van der Waals surface area contributed by atoms with Gasteiger partial charge in [0, 0.05) is 39.4 Å². The first-order chi connectivity index (χ1) is 9.33. The topological polar surface area (TPSA) is 42.0 Å². The second-order valence-electron chi connectivity index (χ2n) is 6.51. The van der Waals surface area contributed by atoms with Gasteiger partial charge >= 0.3 is 6.09 Å². The fourth-order valence-electron chi connectivity index (χ4n) is 2.38. The zero-order chi connectivity index (χ0) is 15.2. The number of methoxy groups -OCH3 is 1. The summed E-state index contributed by atoms with van der Waals surface area (Å²) in [6.07, 6.45) is 2.04. The summed E-state index contributed by atoms with van der Waals surface area (Å²) in [6.45, 7) is 12.2. The van der Waals surface area contributed by atoms with Gasteiger partial charge in [0.05, 0.1) is 0 Å². The van der Waals surface area contributed by atoms with Crippen LogP contribution in [0.2, 0.25) is 0 Å². The average Bonchev–Trinajstić information content (AvgIpc) is 2.34. The highest BCUT2D eigenvalue weighted by Crippen LogP contribution is 2.15. The van der Waals surface area contributed by atoms with Crippen LogP contribution in [0.1, 0.15) is 40.5 Å². The van der Waals surface area contributed by atoms with E-state index in [9.17, 15) is 4.79 Å². The normalized spacial score (nSPS) is 21.1. The van der Waals surface area contributed by atoms with Gasteiger partial charge in [-0.3, -0.25) is 4.90 Å². The summed E-state index contributed by atoms with van der Waals surface area (Å²) >= 11 is 0. The molecule has 1 fully saturated rings. The van der Waals surface area contributed by atoms with Gasteiger partial charge in [0.1, 0.15) is 5.60 Å². The second kappa shape index (κ2) is 7.84. The minimum absolute atomic E-state index is 0.191. The Morgan fingerprint density at radius 1 is 1.25 bits per heavy atom. The fraction of sp³-hybridized carbons (Fsp3) is 0.933. The van der Waals surface area contributed by atoms with Crippen LogP contribution >= 0.6 is 0 Å². The number of hydrogen-bond acceptors (Lipinski definition) is 4. The van der Waals surface area contributed by atoms with Crippen molar-refractivity contribution >= 4 is 6.09 Å². The van der Waals surface area contributed by atoms with Crippen molar-refractivity contribution in [2.24, 2.45) is 0 Å². The number of rotatable bonds is 5. The van der Waals surface area contributed by atoms with Gasteiger partial charge in [-0.1, -0.05) is 0 Å². The van der Waals surface area contributed by atoms with Crippen molar-refractivity contribution in [3.05, 3.63) is 0 Å². The predicted molar refractivity (Wildman–Crippen MR) is 80.0 cm³/mol. The van der Waals surface area contributed by atoms with Crippen LogP contribution in [0.4, 0.5) is 4.79 Å². The lowest BCUT2D eigenvalue weighted by Crippen LogP contribution is -2.54. The van der Waals surface area contributed by atoms with E-state index in [1.165, 1.54) is 0 Å². The van der Waals surface area contributed by atoms with Gasteiger partial charge in [0.2, 0.25) is 0 Å². The lowest BCUT2D eigenvalue weighted by Gasteiger charge is -2.40. The van der Waals surface area contributed by atoms with E-state index in [0.717, 1.165) is 45.6 Å². The highest BCUT2D eigenvalue weighted by Gasteiger charge is 2.29. The van der Waals surface area contributed by atoms with E-state index in [4.69, 9.17) is 9.47 Å². The molecule has 0 bridgehead atoms. The molecule has 5 nitrogen and oxygen atoms in total. The third kappa shape index (κ3) is 6.09. The molecule has 0 unspecified atom stereocenters. The summed E-state index contributed by atoms with van der Waals surface area (Å²) in [4.78, 5) is 16.3. The molecular formula is C15H30N2O3. The summed E-state index contributed by atoms with van der Waals surface area (Å²) in [6, 6.07) is 0.388. The fourth-order valence-corrected chi connectivity index (χ4v) is 2.38. The number of nitrogens with zero attached hydrogens (tertiary/aromatic N) is 2. The van der Waals surface area contributed by atoms with Crippen LogP contribution in [0.5, 0.6) is 0 Å². The number of carbonyl (C=O) groups excluding carboxylic acids is 1. The van der Waals surface area contributed by atoms with Gasteiger partial charge in [-0.25, -0.2) is 4.79 Å². The smallest absolute Gasteiger partial charge is 0.410 e. The number of ether oxygens (including phenoxy) is 2. The van der Waals surface area contributed by atoms with Gasteiger partial charge in [0.25, 0.3) is 0 Å². The van der Waals surface area contributed by atoms with Crippen LogP contribution < -0.4 is 0 Å². The Morgan fingerprint density at radius 2 is 1.95 bits per heavy atom. The molecule has 0 saturated carbocycles. The van der Waals surface area contributed by atoms with Crippen LogP contribution in [-0.2, 0) is 9.47 Å². The molecule has 0 radical (unpaired) electrons. The summed E-state index contributed by atoms with van der Waals surface area (Å²) in [7, 11) is 1.74. The third-order valence-electron chi connectivity index (χ3n) is 3.46. The molecule has 0 aromatic carbocycles. The van der Waals surface area contributed by atoms with E-state index in [0.29, 0.717) is 6.04 Å². The zero-order valence-corrected chi connectivity index (χ0v) is 13.6. The van der Waals surface area contributed by atoms with E-state index in [2.05, 4.69) is 11.8 Å². The average molecular weight is 286 g/mol. The maximum absolute atomic E-state index is 12.0. The molecule has 1 amide bonds. The van der Waals surface area contributed by atoms with Crippen molar-refractivity contribution in [2.45, 2.75) is 52.2 Å². The lowest BCUT2D eigenvalue weighted by atomic mass is 10.1. The van der Waals surface area contributed by atoms with Gasteiger partial charge in [-0.15, -0.1) is 0 Å². The molecule has 1 aliphatic rings. The Balaban J connectivity index is 2.33. The first kappa shape index (κ1) is 17.2. The Morgan fingerprint density at radius 3 is 2.50 bits per heavy atom. The van der Waals surface area contributed by atoms with Crippen LogP contribution in [-0.4, -0.2) is 67.4 Å². The molecule has 20 heavy (non-hydrogen) atoms. The largest absolute Gasteiger partial charge is 0.444 e. The minimum atomic E-state index is -0.419. The molecule has 0 N–H and O–H groups in total. The number of unbranched alkanes of at least 4 members (excludes halogenated alkanes) is 1. The van der Waals surface area contributed by atoms with Crippen molar-refractivity contribution in [2.75, 3.05) is 39.9 Å². The van der Waals surface area contributed by atoms with E-state index < -0.39 is 5.60 Å². The van der Waals surface area contributed by atoms with E-state index >= 15 is 0 Å². The number of piperazine rings is 1. The monoisotopic (exact) mass is 286 g/mol. The first-order valence-corrected chi connectivity index (χ1v) is 7.54. The summed E-state index contributed by atoms with van der Waals surface area (Å²) in [5, 5.41) is 0. The Labute approximate surface area is 123 Å². The molecule has 1 atom stereocenters. The number of amides is 1. The Bertz CT molecular complexity index is 302. The maximum atomic E-state index is 12.0. The highest BCUT2D eigenvalue weighted by molar-refractivity contribution is 5.68. The SMILES string of the molecule is COCCCCN1CCN(C(=O)OC(C)(C)C)C[C@@H]1C. The second-order valence-corrected chi connectivity index (χ2v) is 6.51. The standard InChI is InChI=1S/C15H30N2O3/c1-13-12-17(14(18)20-15(2,3)4)10-9-16(13)8-6-7-11-19-5/h13H,6-12H2,1-5H3/t13-/m0/s1. The van der Waals surface area contributed by atoms with Gasteiger partial charge in [0.15, 0.2) is 0 Å². The maximum Gasteiger partial charge on any atom is 0.410 e. The zero-order valence-electron chi connectivity index (χ0n) is 13.6. The molecule has 0 aromatic heterocycles. The van der Waals surface area contributed by atoms with Crippen molar-refractivity contribution in [1.29, 1.82) is 0 Å². The van der Waals surface area contributed by atoms with E-state index in [-0.39, 0.29) is 6.09 Å². The molecule has 118 valence electrons. The molecule has 1 heterocycles. The molecule has 0 spiro atoms. The van der Waals surface area contributed by atoms with Gasteiger partial charge in [-0.2, -0.15) is 0 Å². The summed E-state index contributed by atoms with van der Waals surface area (Å²) in [5.74, 6) is 0. The third-order valence-corrected chi connectivity index (χ3v) is 3.46. The van der Waals surface area contributed by atoms with E-state index in [1.807, 2.05) is 25.7 Å². The van der Waals surface area contributed by atoms with Crippen molar-refractivity contribution in [1.82, 2.24) is 9.80 Å². The number of carbonyl (C=O) groups is 1. The van der Waals surface area contributed by atoms with Crippen molar-refractivity contribution < 1.29 is 14.3 Å². The highest BCUT2D eigenvalue weighted by atomic mass is 16.6. The molecule has 0 aromatic rings. The van der Waals surface area contributed by atoms with Gasteiger partial charge < -0.3 is 14.4 Å². The van der Waals surface area contributed by atoms with Crippen LogP contribution in [0, 0.1) is 0 Å². The first-order valence-electron chi connectivity index (χ1n) is 7.54. The minimum Gasteiger partial charge on any atom is -0.444 e. The molecular weight excluding hydrogens is 256 g/mol. The molecule has 1 aliphatic heterocycles. The lowest BCUT2D eigenvalue weighted by molar-refractivity contribution is 0.00543. The summed E-state index contributed by atoms with van der Waals surface area (Å²) < 4.78 is 10.5. The van der Waals surface area contributed by atoms with Crippen LogP contribution in [0.3, 0.4) is 0 Å². The van der Waals surface area contributed by atoms with E-state index in [1.54, 1.807) is 7.11 Å². The summed E-state index contributed by atoms with van der Waals surface area (Å²) in [5.41, 5.74) is -0.419. The number of hydrogen-bond donors (Lipinski definition) is 0. The molecule has 5 heteroatoms. The van der Waals surface area contributed by atoms with Gasteiger partial charge in [-0.05, 0) is 47.1 Å². The molecule has 1 rings (SSSR count). The van der Waals surface area contributed by atoms with Crippen molar-refractivity contribution in [3.8, 4) is 0 Å². The molecule has 0 aliphatic carbocycles. The Hall–Kier alpha value is -0.810. The quantitative estimate of drug-likeness (QED) is 0.728. The Kier molecular flexibility index (Phi) is 6.76.